The third-order valence-electron chi connectivity index (χ3n) is 2.49. The van der Waals surface area contributed by atoms with Crippen LogP contribution in [0.5, 0.6) is 0 Å². The lowest BCUT2D eigenvalue weighted by molar-refractivity contribution is 0.0688. The molecule has 0 fully saturated rings. The van der Waals surface area contributed by atoms with Gasteiger partial charge in [0.05, 0.1) is 10.7 Å². The summed E-state index contributed by atoms with van der Waals surface area (Å²) in [7, 11) is 0. The van der Waals surface area contributed by atoms with E-state index in [1.165, 1.54) is 16.8 Å². The number of aromatic nitrogens is 1. The number of halogens is 3. The first-order chi connectivity index (χ1) is 8.40. The standard InChI is InChI=1S/C12H8BrCl2NO2/c1-6-2-8(13)10(4-9(6)15)16-5-7(14)3-11(16)12(17)18/h2-5H,1H3,(H,17,18). The van der Waals surface area contributed by atoms with Crippen molar-refractivity contribution in [3.05, 3.63) is 50.2 Å². The van der Waals surface area contributed by atoms with Crippen LogP contribution < -0.4 is 0 Å². The van der Waals surface area contributed by atoms with Gasteiger partial charge in [0.1, 0.15) is 5.69 Å². The average Bonchev–Trinajstić information content (AvgIpc) is 2.65. The number of hydrogen-bond donors (Lipinski definition) is 1. The molecular weight excluding hydrogens is 341 g/mol. The van der Waals surface area contributed by atoms with E-state index in [-0.39, 0.29) is 5.69 Å². The molecule has 2 rings (SSSR count). The quantitative estimate of drug-likeness (QED) is 0.864. The highest BCUT2D eigenvalue weighted by atomic mass is 79.9. The van der Waals surface area contributed by atoms with Crippen molar-refractivity contribution >= 4 is 45.1 Å². The zero-order valence-electron chi connectivity index (χ0n) is 9.25. The summed E-state index contributed by atoms with van der Waals surface area (Å²) in [6, 6.07) is 4.92. The highest BCUT2D eigenvalue weighted by Gasteiger charge is 2.15. The van der Waals surface area contributed by atoms with Crippen LogP contribution in [-0.2, 0) is 0 Å². The summed E-state index contributed by atoms with van der Waals surface area (Å²) >= 11 is 15.3. The normalized spacial score (nSPS) is 10.7. The molecule has 1 N–H and O–H groups in total. The molecule has 0 amide bonds. The van der Waals surface area contributed by atoms with Crippen molar-refractivity contribution in [1.29, 1.82) is 0 Å². The fraction of sp³-hybridized carbons (Fsp3) is 0.0833. The maximum atomic E-state index is 11.1. The molecule has 0 aliphatic carbocycles. The van der Waals surface area contributed by atoms with Crippen LogP contribution in [0.25, 0.3) is 5.69 Å². The molecular formula is C12H8BrCl2NO2. The molecule has 0 unspecified atom stereocenters. The number of carboxylic acids is 1. The summed E-state index contributed by atoms with van der Waals surface area (Å²) in [5, 5.41) is 10.0. The second kappa shape index (κ2) is 4.96. The predicted octanol–water partition coefficient (Wildman–Crippen LogP) is 4.55. The summed E-state index contributed by atoms with van der Waals surface area (Å²) in [6.45, 7) is 1.87. The van der Waals surface area contributed by atoms with Gasteiger partial charge < -0.3 is 9.67 Å². The molecule has 0 radical (unpaired) electrons. The van der Waals surface area contributed by atoms with Gasteiger partial charge in [0.25, 0.3) is 0 Å². The van der Waals surface area contributed by atoms with Gasteiger partial charge in [-0.15, -0.1) is 0 Å². The Morgan fingerprint density at radius 3 is 2.61 bits per heavy atom. The second-order valence-corrected chi connectivity index (χ2v) is 5.47. The van der Waals surface area contributed by atoms with E-state index in [9.17, 15) is 4.79 Å². The molecule has 1 aromatic heterocycles. The lowest BCUT2D eigenvalue weighted by Gasteiger charge is -2.10. The minimum Gasteiger partial charge on any atom is -0.477 e. The summed E-state index contributed by atoms with van der Waals surface area (Å²) in [6.07, 6.45) is 1.54. The fourth-order valence-electron chi connectivity index (χ4n) is 1.61. The molecule has 18 heavy (non-hydrogen) atoms. The topological polar surface area (TPSA) is 42.2 Å². The Kier molecular flexibility index (Phi) is 3.71. The van der Waals surface area contributed by atoms with Crippen LogP contribution in [0, 0.1) is 6.92 Å². The number of carbonyl (C=O) groups is 1. The molecule has 0 bridgehead atoms. The van der Waals surface area contributed by atoms with Crippen LogP contribution in [0.1, 0.15) is 16.1 Å². The Morgan fingerprint density at radius 2 is 2.00 bits per heavy atom. The first-order valence-electron chi connectivity index (χ1n) is 4.97. The maximum absolute atomic E-state index is 11.1. The van der Waals surface area contributed by atoms with Crippen molar-refractivity contribution in [2.24, 2.45) is 0 Å². The highest BCUT2D eigenvalue weighted by Crippen LogP contribution is 2.30. The SMILES string of the molecule is Cc1cc(Br)c(-n2cc(Cl)cc2C(=O)O)cc1Cl. The molecule has 6 heteroatoms. The van der Waals surface area contributed by atoms with Gasteiger partial charge in [-0.1, -0.05) is 23.2 Å². The first-order valence-corrected chi connectivity index (χ1v) is 6.52. The molecule has 0 aliphatic heterocycles. The zero-order valence-corrected chi connectivity index (χ0v) is 12.3. The van der Waals surface area contributed by atoms with Gasteiger partial charge in [-0.3, -0.25) is 0 Å². The molecule has 3 nitrogen and oxygen atoms in total. The molecule has 0 atom stereocenters. The van der Waals surface area contributed by atoms with Crippen LogP contribution in [0.3, 0.4) is 0 Å². The molecule has 1 aromatic carbocycles. The van der Waals surface area contributed by atoms with Crippen LogP contribution in [0.15, 0.2) is 28.9 Å². The number of hydrogen-bond acceptors (Lipinski definition) is 1. The summed E-state index contributed by atoms with van der Waals surface area (Å²) in [4.78, 5) is 11.1. The van der Waals surface area contributed by atoms with E-state index in [1.54, 1.807) is 6.07 Å². The van der Waals surface area contributed by atoms with Crippen LogP contribution in [-0.4, -0.2) is 15.6 Å². The fourth-order valence-corrected chi connectivity index (χ4v) is 2.62. The van der Waals surface area contributed by atoms with E-state index < -0.39 is 5.97 Å². The molecule has 0 spiro atoms. The number of aryl methyl sites for hydroxylation is 1. The van der Waals surface area contributed by atoms with Crippen LogP contribution >= 0.6 is 39.1 Å². The van der Waals surface area contributed by atoms with Crippen LogP contribution in [0.4, 0.5) is 0 Å². The second-order valence-electron chi connectivity index (χ2n) is 3.77. The largest absolute Gasteiger partial charge is 0.477 e. The van der Waals surface area contributed by atoms with Crippen molar-refractivity contribution in [2.75, 3.05) is 0 Å². The van der Waals surface area contributed by atoms with E-state index in [2.05, 4.69) is 15.9 Å². The Labute approximate surface area is 122 Å². The summed E-state index contributed by atoms with van der Waals surface area (Å²) in [5.41, 5.74) is 1.62. The molecule has 0 saturated heterocycles. The van der Waals surface area contributed by atoms with Crippen molar-refractivity contribution in [3.63, 3.8) is 0 Å². The zero-order chi connectivity index (χ0) is 13.4. The van der Waals surface area contributed by atoms with Gasteiger partial charge in [0, 0.05) is 15.7 Å². The van der Waals surface area contributed by atoms with Gasteiger partial charge in [0.2, 0.25) is 0 Å². The van der Waals surface area contributed by atoms with E-state index in [4.69, 9.17) is 28.3 Å². The Balaban J connectivity index is 2.69. The Morgan fingerprint density at radius 1 is 1.33 bits per heavy atom. The third kappa shape index (κ3) is 2.41. The molecule has 0 saturated carbocycles. The maximum Gasteiger partial charge on any atom is 0.352 e. The van der Waals surface area contributed by atoms with Crippen molar-refractivity contribution in [1.82, 2.24) is 4.57 Å². The number of aromatic carboxylic acids is 1. The molecule has 1 heterocycles. The van der Waals surface area contributed by atoms with Gasteiger partial charge in [-0.25, -0.2) is 4.79 Å². The number of carboxylic acid groups (broad SMARTS) is 1. The number of rotatable bonds is 2. The molecule has 0 aliphatic rings. The first kappa shape index (κ1) is 13.5. The highest BCUT2D eigenvalue weighted by molar-refractivity contribution is 9.10. The average molecular weight is 349 g/mol. The lowest BCUT2D eigenvalue weighted by atomic mass is 10.2. The molecule has 2 aromatic rings. The third-order valence-corrected chi connectivity index (χ3v) is 3.74. The number of nitrogens with zero attached hydrogens (tertiary/aromatic N) is 1. The minimum absolute atomic E-state index is 0.0839. The predicted molar refractivity (Wildman–Crippen MR) is 75.2 cm³/mol. The van der Waals surface area contributed by atoms with Gasteiger partial charge >= 0.3 is 5.97 Å². The van der Waals surface area contributed by atoms with Gasteiger partial charge in [-0.2, -0.15) is 0 Å². The summed E-state index contributed by atoms with van der Waals surface area (Å²) in [5.74, 6) is -1.05. The van der Waals surface area contributed by atoms with Crippen molar-refractivity contribution in [3.8, 4) is 5.69 Å². The Hall–Kier alpha value is -0.970. The minimum atomic E-state index is -1.05. The number of benzene rings is 1. The van der Waals surface area contributed by atoms with E-state index >= 15 is 0 Å². The Bertz CT molecular complexity index is 637. The van der Waals surface area contributed by atoms with Crippen LogP contribution in [0.2, 0.25) is 10.0 Å². The van der Waals surface area contributed by atoms with Crippen molar-refractivity contribution < 1.29 is 9.90 Å². The van der Waals surface area contributed by atoms with Crippen molar-refractivity contribution in [2.45, 2.75) is 6.92 Å². The smallest absolute Gasteiger partial charge is 0.352 e. The van der Waals surface area contributed by atoms with Gasteiger partial charge in [0.15, 0.2) is 0 Å². The molecule has 94 valence electrons. The van der Waals surface area contributed by atoms with Gasteiger partial charge in [-0.05, 0) is 46.6 Å². The monoisotopic (exact) mass is 347 g/mol. The van der Waals surface area contributed by atoms with E-state index in [1.807, 2.05) is 13.0 Å². The van der Waals surface area contributed by atoms with E-state index in [0.29, 0.717) is 15.7 Å². The summed E-state index contributed by atoms with van der Waals surface area (Å²) < 4.78 is 2.24. The lowest BCUT2D eigenvalue weighted by Crippen LogP contribution is -2.06. The van der Waals surface area contributed by atoms with E-state index in [0.717, 1.165) is 10.0 Å².